The van der Waals surface area contributed by atoms with Crippen molar-refractivity contribution in [2.75, 3.05) is 5.32 Å². The fourth-order valence-corrected chi connectivity index (χ4v) is 3.45. The van der Waals surface area contributed by atoms with Crippen LogP contribution in [0.15, 0.2) is 60.2 Å². The maximum atomic E-state index is 12.6. The van der Waals surface area contributed by atoms with Crippen molar-refractivity contribution in [1.29, 1.82) is 0 Å². The van der Waals surface area contributed by atoms with Gasteiger partial charge in [0.15, 0.2) is 0 Å². The minimum absolute atomic E-state index is 0.184. The van der Waals surface area contributed by atoms with Crippen molar-refractivity contribution < 1.29 is 4.79 Å². The van der Waals surface area contributed by atoms with Gasteiger partial charge in [0, 0.05) is 16.7 Å². The van der Waals surface area contributed by atoms with Crippen LogP contribution in [-0.2, 0) is 6.54 Å². The lowest BCUT2D eigenvalue weighted by molar-refractivity contribution is 0.102. The third kappa shape index (κ3) is 3.26. The Labute approximate surface area is 152 Å². The molecule has 1 amide bonds. The van der Waals surface area contributed by atoms with Crippen LogP contribution in [0.5, 0.6) is 0 Å². The van der Waals surface area contributed by atoms with Gasteiger partial charge in [-0.1, -0.05) is 29.8 Å². The highest BCUT2D eigenvalue weighted by atomic mass is 35.5. The predicted molar refractivity (Wildman–Crippen MR) is 100 cm³/mol. The molecule has 0 bridgehead atoms. The monoisotopic (exact) mass is 368 g/mol. The summed E-state index contributed by atoms with van der Waals surface area (Å²) >= 11 is 7.72. The average Bonchev–Trinajstić information content (AvgIpc) is 3.25. The van der Waals surface area contributed by atoms with E-state index in [1.807, 2.05) is 36.4 Å². The SMILES string of the molecule is O=C(Nc1ccnn1Cc1ccccc1Cl)c1ccc2ncsc2c1. The molecule has 0 saturated carbocycles. The second kappa shape index (κ2) is 6.66. The molecule has 0 fully saturated rings. The second-order valence-electron chi connectivity index (χ2n) is 5.45. The molecule has 4 rings (SSSR count). The van der Waals surface area contributed by atoms with E-state index < -0.39 is 0 Å². The van der Waals surface area contributed by atoms with Crippen LogP contribution in [0.4, 0.5) is 5.82 Å². The third-order valence-electron chi connectivity index (χ3n) is 3.83. The molecule has 1 N–H and O–H groups in total. The molecule has 0 spiro atoms. The van der Waals surface area contributed by atoms with Crippen molar-refractivity contribution in [1.82, 2.24) is 14.8 Å². The normalized spacial score (nSPS) is 10.9. The van der Waals surface area contributed by atoms with Gasteiger partial charge in [-0.2, -0.15) is 5.10 Å². The van der Waals surface area contributed by atoms with Crippen LogP contribution in [0.3, 0.4) is 0 Å². The Morgan fingerprint density at radius 1 is 1.20 bits per heavy atom. The summed E-state index contributed by atoms with van der Waals surface area (Å²) in [5, 5.41) is 7.85. The lowest BCUT2D eigenvalue weighted by Gasteiger charge is -2.10. The van der Waals surface area contributed by atoms with Gasteiger partial charge < -0.3 is 5.32 Å². The Morgan fingerprint density at radius 2 is 2.08 bits per heavy atom. The summed E-state index contributed by atoms with van der Waals surface area (Å²) in [6.07, 6.45) is 1.65. The van der Waals surface area contributed by atoms with E-state index in [9.17, 15) is 4.79 Å². The molecule has 2 heterocycles. The number of hydrogen-bond donors (Lipinski definition) is 1. The Morgan fingerprint density at radius 3 is 2.96 bits per heavy atom. The van der Waals surface area contributed by atoms with E-state index in [0.717, 1.165) is 15.8 Å². The predicted octanol–water partition coefficient (Wildman–Crippen LogP) is 4.45. The molecule has 0 aliphatic rings. The molecule has 0 unspecified atom stereocenters. The number of anilines is 1. The lowest BCUT2D eigenvalue weighted by Crippen LogP contribution is -2.16. The molecule has 4 aromatic rings. The van der Waals surface area contributed by atoms with E-state index in [1.165, 1.54) is 11.3 Å². The van der Waals surface area contributed by atoms with Crippen LogP contribution in [0, 0.1) is 0 Å². The van der Waals surface area contributed by atoms with Gasteiger partial charge in [0.2, 0.25) is 0 Å². The Kier molecular flexibility index (Phi) is 4.21. The van der Waals surface area contributed by atoms with Crippen LogP contribution in [0.2, 0.25) is 5.02 Å². The first-order chi connectivity index (χ1) is 12.2. The molecule has 25 heavy (non-hydrogen) atoms. The van der Waals surface area contributed by atoms with Gasteiger partial charge in [0.1, 0.15) is 5.82 Å². The molecule has 2 aromatic heterocycles. The van der Waals surface area contributed by atoms with Gasteiger partial charge in [-0.15, -0.1) is 11.3 Å². The maximum Gasteiger partial charge on any atom is 0.256 e. The maximum absolute atomic E-state index is 12.6. The molecule has 7 heteroatoms. The Balaban J connectivity index is 1.56. The molecule has 0 radical (unpaired) electrons. The number of carbonyl (C=O) groups is 1. The number of hydrogen-bond acceptors (Lipinski definition) is 4. The van der Waals surface area contributed by atoms with Crippen LogP contribution >= 0.6 is 22.9 Å². The van der Waals surface area contributed by atoms with Crippen molar-refractivity contribution in [3.05, 3.63) is 76.4 Å². The molecular weight excluding hydrogens is 356 g/mol. The summed E-state index contributed by atoms with van der Waals surface area (Å²) in [5.41, 5.74) is 4.19. The molecule has 124 valence electrons. The van der Waals surface area contributed by atoms with E-state index in [0.29, 0.717) is 22.9 Å². The minimum Gasteiger partial charge on any atom is -0.307 e. The zero-order chi connectivity index (χ0) is 17.2. The van der Waals surface area contributed by atoms with Gasteiger partial charge >= 0.3 is 0 Å². The number of thiazole rings is 1. The van der Waals surface area contributed by atoms with Crippen LogP contribution in [0.1, 0.15) is 15.9 Å². The fourth-order valence-electron chi connectivity index (χ4n) is 2.54. The summed E-state index contributed by atoms with van der Waals surface area (Å²) in [4.78, 5) is 16.8. The van der Waals surface area contributed by atoms with Crippen LogP contribution in [-0.4, -0.2) is 20.7 Å². The number of nitrogens with zero attached hydrogens (tertiary/aromatic N) is 3. The van der Waals surface area contributed by atoms with Gasteiger partial charge in [-0.05, 0) is 29.8 Å². The van der Waals surface area contributed by atoms with Crippen molar-refractivity contribution in [2.45, 2.75) is 6.54 Å². The van der Waals surface area contributed by atoms with Crippen molar-refractivity contribution in [3.63, 3.8) is 0 Å². The summed E-state index contributed by atoms with van der Waals surface area (Å²) in [5.74, 6) is 0.436. The highest BCUT2D eigenvalue weighted by Crippen LogP contribution is 2.21. The van der Waals surface area contributed by atoms with Gasteiger partial charge in [-0.3, -0.25) is 4.79 Å². The Hall–Kier alpha value is -2.70. The van der Waals surface area contributed by atoms with E-state index in [-0.39, 0.29) is 5.91 Å². The van der Waals surface area contributed by atoms with Crippen molar-refractivity contribution in [2.24, 2.45) is 0 Å². The lowest BCUT2D eigenvalue weighted by atomic mass is 10.2. The number of nitrogens with one attached hydrogen (secondary N) is 1. The number of benzene rings is 2. The smallest absolute Gasteiger partial charge is 0.256 e. The van der Waals surface area contributed by atoms with Gasteiger partial charge in [0.05, 0.1) is 28.5 Å². The van der Waals surface area contributed by atoms with Gasteiger partial charge in [0.25, 0.3) is 5.91 Å². The largest absolute Gasteiger partial charge is 0.307 e. The number of fused-ring (bicyclic) bond motifs is 1. The van der Waals surface area contributed by atoms with E-state index in [2.05, 4.69) is 15.4 Å². The first-order valence-electron chi connectivity index (χ1n) is 7.60. The first kappa shape index (κ1) is 15.8. The summed E-state index contributed by atoms with van der Waals surface area (Å²) in [6, 6.07) is 14.8. The van der Waals surface area contributed by atoms with Crippen LogP contribution < -0.4 is 5.32 Å². The third-order valence-corrected chi connectivity index (χ3v) is 4.99. The zero-order valence-electron chi connectivity index (χ0n) is 13.0. The zero-order valence-corrected chi connectivity index (χ0v) is 14.6. The summed E-state index contributed by atoms with van der Waals surface area (Å²) in [7, 11) is 0. The van der Waals surface area contributed by atoms with Gasteiger partial charge in [-0.25, -0.2) is 9.67 Å². The number of amides is 1. The number of aromatic nitrogens is 3. The molecule has 0 aliphatic heterocycles. The average molecular weight is 369 g/mol. The topological polar surface area (TPSA) is 59.8 Å². The van der Waals surface area contributed by atoms with E-state index >= 15 is 0 Å². The standard InChI is InChI=1S/C18H13ClN4OS/c19-14-4-2-1-3-13(14)10-23-17(7-8-21-23)22-18(24)12-5-6-15-16(9-12)25-11-20-15/h1-9,11H,10H2,(H,22,24). The molecular formula is C18H13ClN4OS. The number of halogens is 1. The second-order valence-corrected chi connectivity index (χ2v) is 6.75. The number of rotatable bonds is 4. The van der Waals surface area contributed by atoms with Crippen LogP contribution in [0.25, 0.3) is 10.2 Å². The Bertz CT molecular complexity index is 1060. The summed E-state index contributed by atoms with van der Waals surface area (Å²) < 4.78 is 2.70. The molecule has 0 atom stereocenters. The van der Waals surface area contributed by atoms with Crippen molar-refractivity contribution in [3.8, 4) is 0 Å². The molecule has 0 saturated heterocycles. The first-order valence-corrected chi connectivity index (χ1v) is 8.86. The van der Waals surface area contributed by atoms with E-state index in [4.69, 9.17) is 11.6 Å². The fraction of sp³-hybridized carbons (Fsp3) is 0.0556. The minimum atomic E-state index is -0.184. The summed E-state index contributed by atoms with van der Waals surface area (Å²) in [6.45, 7) is 0.482. The molecule has 5 nitrogen and oxygen atoms in total. The van der Waals surface area contributed by atoms with Crippen molar-refractivity contribution >= 4 is 44.9 Å². The van der Waals surface area contributed by atoms with E-state index in [1.54, 1.807) is 28.5 Å². The highest BCUT2D eigenvalue weighted by Gasteiger charge is 2.12. The molecule has 2 aromatic carbocycles. The number of carbonyl (C=O) groups excluding carboxylic acids is 1. The molecule has 0 aliphatic carbocycles. The highest BCUT2D eigenvalue weighted by molar-refractivity contribution is 7.16. The quantitative estimate of drug-likeness (QED) is 0.579.